The summed E-state index contributed by atoms with van der Waals surface area (Å²) in [6.45, 7) is 5.49. The van der Waals surface area contributed by atoms with E-state index in [1.54, 1.807) is 6.92 Å². The summed E-state index contributed by atoms with van der Waals surface area (Å²) < 4.78 is 4.93. The van der Waals surface area contributed by atoms with Crippen LogP contribution in [0.3, 0.4) is 0 Å². The van der Waals surface area contributed by atoms with Gasteiger partial charge < -0.3 is 4.74 Å². The van der Waals surface area contributed by atoms with Crippen LogP contribution in [0.4, 0.5) is 0 Å². The lowest BCUT2D eigenvalue weighted by Crippen LogP contribution is -2.17. The first-order valence-electron chi connectivity index (χ1n) is 2.94. The standard InChI is InChI=1S/C7H10O2/c1-5-4-7(2,3)9-6(5)8/h4H,1-3H3. The number of rotatable bonds is 0. The van der Waals surface area contributed by atoms with Gasteiger partial charge in [0.25, 0.3) is 0 Å². The zero-order valence-corrected chi connectivity index (χ0v) is 5.89. The van der Waals surface area contributed by atoms with Crippen LogP contribution in [0.25, 0.3) is 0 Å². The fourth-order valence-corrected chi connectivity index (χ4v) is 0.929. The Labute approximate surface area is 54.5 Å². The van der Waals surface area contributed by atoms with Crippen LogP contribution in [0.15, 0.2) is 11.6 Å². The van der Waals surface area contributed by atoms with E-state index in [0.29, 0.717) is 5.57 Å². The Morgan fingerprint density at radius 3 is 2.22 bits per heavy atom. The van der Waals surface area contributed by atoms with Crippen LogP contribution in [-0.2, 0) is 9.53 Å². The highest BCUT2D eigenvalue weighted by atomic mass is 16.6. The number of hydrogen-bond donors (Lipinski definition) is 0. The van der Waals surface area contributed by atoms with Gasteiger partial charge in [-0.1, -0.05) is 0 Å². The number of hydrogen-bond acceptors (Lipinski definition) is 2. The summed E-state index contributed by atoms with van der Waals surface area (Å²) in [5.74, 6) is -0.194. The Kier molecular flexibility index (Phi) is 1.12. The fourth-order valence-electron chi connectivity index (χ4n) is 0.929. The third-order valence-electron chi connectivity index (χ3n) is 1.24. The van der Waals surface area contributed by atoms with Gasteiger partial charge in [-0.2, -0.15) is 0 Å². The highest BCUT2D eigenvalue weighted by Gasteiger charge is 2.28. The zero-order valence-electron chi connectivity index (χ0n) is 5.89. The summed E-state index contributed by atoms with van der Waals surface area (Å²) >= 11 is 0. The third kappa shape index (κ3) is 1.12. The van der Waals surface area contributed by atoms with Gasteiger partial charge in [0.05, 0.1) is 0 Å². The summed E-state index contributed by atoms with van der Waals surface area (Å²) in [5.41, 5.74) is 0.334. The number of carbonyl (C=O) groups is 1. The van der Waals surface area contributed by atoms with Crippen molar-refractivity contribution in [3.05, 3.63) is 11.6 Å². The van der Waals surface area contributed by atoms with Crippen LogP contribution in [0.1, 0.15) is 20.8 Å². The number of esters is 1. The molecule has 0 saturated carbocycles. The second kappa shape index (κ2) is 1.59. The summed E-state index contributed by atoms with van der Waals surface area (Å²) in [5, 5.41) is 0. The molecule has 0 spiro atoms. The molecule has 0 amide bonds. The topological polar surface area (TPSA) is 26.3 Å². The third-order valence-corrected chi connectivity index (χ3v) is 1.24. The van der Waals surface area contributed by atoms with E-state index in [1.807, 2.05) is 19.9 Å². The van der Waals surface area contributed by atoms with Gasteiger partial charge in [-0.3, -0.25) is 0 Å². The maximum absolute atomic E-state index is 10.7. The zero-order chi connectivity index (χ0) is 7.07. The maximum atomic E-state index is 10.7. The SMILES string of the molecule is CC1=CC(C)(C)OC1=O. The second-order valence-corrected chi connectivity index (χ2v) is 2.82. The van der Waals surface area contributed by atoms with Gasteiger partial charge in [-0.05, 0) is 26.8 Å². The molecule has 0 saturated heterocycles. The monoisotopic (exact) mass is 126 g/mol. The van der Waals surface area contributed by atoms with Gasteiger partial charge in [0, 0.05) is 5.57 Å². The largest absolute Gasteiger partial charge is 0.452 e. The van der Waals surface area contributed by atoms with Crippen molar-refractivity contribution < 1.29 is 9.53 Å². The average molecular weight is 126 g/mol. The van der Waals surface area contributed by atoms with Gasteiger partial charge in [-0.25, -0.2) is 4.79 Å². The molecule has 0 aromatic carbocycles. The van der Waals surface area contributed by atoms with Gasteiger partial charge in [0.15, 0.2) is 0 Å². The lowest BCUT2D eigenvalue weighted by Gasteiger charge is -2.12. The first-order valence-corrected chi connectivity index (χ1v) is 2.94. The van der Waals surface area contributed by atoms with E-state index >= 15 is 0 Å². The van der Waals surface area contributed by atoms with Gasteiger partial charge >= 0.3 is 5.97 Å². The minimum Gasteiger partial charge on any atom is -0.452 e. The molecule has 0 atom stereocenters. The van der Waals surface area contributed by atoms with Crippen molar-refractivity contribution in [3.63, 3.8) is 0 Å². The molecule has 1 rings (SSSR count). The molecule has 2 heteroatoms. The average Bonchev–Trinajstić information content (AvgIpc) is 1.79. The molecule has 1 aliphatic rings. The molecule has 50 valence electrons. The second-order valence-electron chi connectivity index (χ2n) is 2.82. The fraction of sp³-hybridized carbons (Fsp3) is 0.571. The molecule has 0 unspecified atom stereocenters. The van der Waals surface area contributed by atoms with Crippen LogP contribution in [0.5, 0.6) is 0 Å². The van der Waals surface area contributed by atoms with E-state index in [0.717, 1.165) is 0 Å². The lowest BCUT2D eigenvalue weighted by molar-refractivity contribution is -0.144. The Morgan fingerprint density at radius 1 is 1.56 bits per heavy atom. The molecule has 0 bridgehead atoms. The van der Waals surface area contributed by atoms with E-state index in [9.17, 15) is 4.79 Å². The van der Waals surface area contributed by atoms with Crippen molar-refractivity contribution in [1.82, 2.24) is 0 Å². The van der Waals surface area contributed by atoms with E-state index in [4.69, 9.17) is 4.74 Å². The van der Waals surface area contributed by atoms with Gasteiger partial charge in [0.1, 0.15) is 5.60 Å². The van der Waals surface area contributed by atoms with E-state index in [1.165, 1.54) is 0 Å². The summed E-state index contributed by atoms with van der Waals surface area (Å²) in [6.07, 6.45) is 1.83. The minimum absolute atomic E-state index is 0.194. The van der Waals surface area contributed by atoms with Gasteiger partial charge in [-0.15, -0.1) is 0 Å². The predicted octanol–water partition coefficient (Wildman–Crippen LogP) is 1.27. The minimum atomic E-state index is -0.374. The highest BCUT2D eigenvalue weighted by Crippen LogP contribution is 2.22. The quantitative estimate of drug-likeness (QED) is 0.457. The summed E-state index contributed by atoms with van der Waals surface area (Å²) in [7, 11) is 0. The molecule has 0 aromatic heterocycles. The van der Waals surface area contributed by atoms with Crippen molar-refractivity contribution in [3.8, 4) is 0 Å². The van der Waals surface area contributed by atoms with Gasteiger partial charge in [0.2, 0.25) is 0 Å². The maximum Gasteiger partial charge on any atom is 0.334 e. The molecule has 0 aromatic rings. The van der Waals surface area contributed by atoms with Crippen LogP contribution in [0.2, 0.25) is 0 Å². The van der Waals surface area contributed by atoms with Crippen molar-refractivity contribution in [2.75, 3.05) is 0 Å². The highest BCUT2D eigenvalue weighted by molar-refractivity contribution is 5.90. The van der Waals surface area contributed by atoms with E-state index in [-0.39, 0.29) is 11.6 Å². The van der Waals surface area contributed by atoms with Crippen LogP contribution < -0.4 is 0 Å². The molecule has 9 heavy (non-hydrogen) atoms. The molecular formula is C7H10O2. The lowest BCUT2D eigenvalue weighted by atomic mass is 10.1. The molecule has 1 aliphatic heterocycles. The van der Waals surface area contributed by atoms with E-state index in [2.05, 4.69) is 0 Å². The molecule has 1 heterocycles. The Morgan fingerprint density at radius 2 is 2.11 bits per heavy atom. The first-order chi connectivity index (χ1) is 4.01. The van der Waals surface area contributed by atoms with Crippen molar-refractivity contribution >= 4 is 5.97 Å². The normalized spacial score (nSPS) is 23.4. The Bertz CT molecular complexity index is 177. The number of carbonyl (C=O) groups excluding carboxylic acids is 1. The number of ether oxygens (including phenoxy) is 1. The Balaban J connectivity index is 2.86. The summed E-state index contributed by atoms with van der Waals surface area (Å²) in [6, 6.07) is 0. The molecule has 0 aliphatic carbocycles. The smallest absolute Gasteiger partial charge is 0.334 e. The molecular weight excluding hydrogens is 116 g/mol. The van der Waals surface area contributed by atoms with Crippen molar-refractivity contribution in [1.29, 1.82) is 0 Å². The van der Waals surface area contributed by atoms with E-state index < -0.39 is 0 Å². The molecule has 0 N–H and O–H groups in total. The van der Waals surface area contributed by atoms with Crippen LogP contribution in [-0.4, -0.2) is 11.6 Å². The van der Waals surface area contributed by atoms with Crippen molar-refractivity contribution in [2.45, 2.75) is 26.4 Å². The summed E-state index contributed by atoms with van der Waals surface area (Å²) in [4.78, 5) is 10.7. The first kappa shape index (κ1) is 6.33. The predicted molar refractivity (Wildman–Crippen MR) is 33.9 cm³/mol. The number of cyclic esters (lactones) is 1. The Hall–Kier alpha value is -0.790. The molecule has 0 radical (unpaired) electrons. The van der Waals surface area contributed by atoms with Crippen molar-refractivity contribution in [2.24, 2.45) is 0 Å². The molecule has 0 fully saturated rings. The molecule has 2 nitrogen and oxygen atoms in total. The van der Waals surface area contributed by atoms with Crippen LogP contribution >= 0.6 is 0 Å². The van der Waals surface area contributed by atoms with Crippen LogP contribution in [0, 0.1) is 0 Å².